The molecule has 1 aliphatic heterocycles. The average molecular weight is 159 g/mol. The summed E-state index contributed by atoms with van der Waals surface area (Å²) in [6.45, 7) is 7.29. The summed E-state index contributed by atoms with van der Waals surface area (Å²) in [6.07, 6.45) is 4.33. The molecule has 0 unspecified atom stereocenters. The number of hydrogen-bond acceptors (Lipinski definition) is 1. The number of hydrogen-bond donors (Lipinski definition) is 1. The van der Waals surface area contributed by atoms with Gasteiger partial charge in [0.15, 0.2) is 0 Å². The van der Waals surface area contributed by atoms with Gasteiger partial charge in [-0.05, 0) is 51.3 Å². The molecule has 0 aromatic carbocycles. The number of piperidine rings is 1. The van der Waals surface area contributed by atoms with Gasteiger partial charge in [-0.25, -0.2) is 0 Å². The average Bonchev–Trinajstić information content (AvgIpc) is 1.88. The van der Waals surface area contributed by atoms with E-state index in [-0.39, 0.29) is 0 Å². The maximum atomic E-state index is 3.40. The second kappa shape index (κ2) is 4.31. The Labute approximate surface area is 65.3 Å². The molecule has 1 aliphatic rings. The number of nitrogens with one attached hydrogen (secondary N) is 1. The third-order valence-corrected chi connectivity index (χ3v) is 3.33. The van der Waals surface area contributed by atoms with Gasteiger partial charge in [-0.15, -0.1) is 7.92 Å². The van der Waals surface area contributed by atoms with Crippen molar-refractivity contribution in [2.45, 2.75) is 12.8 Å². The molecular formula is C8H18NP. The molecule has 0 bridgehead atoms. The van der Waals surface area contributed by atoms with Crippen molar-refractivity contribution in [2.75, 3.05) is 32.6 Å². The molecular weight excluding hydrogens is 141 g/mol. The van der Waals surface area contributed by atoms with E-state index in [9.17, 15) is 0 Å². The first kappa shape index (κ1) is 8.49. The fraction of sp³-hybridized carbons (Fsp3) is 1.00. The molecule has 1 rings (SSSR count). The normalized spacial score (nSPS) is 21.9. The van der Waals surface area contributed by atoms with Gasteiger partial charge in [0, 0.05) is 0 Å². The van der Waals surface area contributed by atoms with E-state index in [0.717, 1.165) is 5.92 Å². The van der Waals surface area contributed by atoms with Gasteiger partial charge in [0.25, 0.3) is 0 Å². The second-order valence-corrected chi connectivity index (χ2v) is 5.98. The lowest BCUT2D eigenvalue weighted by Crippen LogP contribution is -2.28. The maximum absolute atomic E-state index is 3.40. The molecule has 1 N–H and O–H groups in total. The van der Waals surface area contributed by atoms with E-state index in [0.29, 0.717) is 7.92 Å². The van der Waals surface area contributed by atoms with Crippen molar-refractivity contribution >= 4 is 7.92 Å². The summed E-state index contributed by atoms with van der Waals surface area (Å²) in [4.78, 5) is 0. The summed E-state index contributed by atoms with van der Waals surface area (Å²) in [5.74, 6) is 1.04. The summed E-state index contributed by atoms with van der Waals surface area (Å²) in [5, 5.41) is 3.40. The molecule has 0 aromatic heterocycles. The molecule has 10 heavy (non-hydrogen) atoms. The monoisotopic (exact) mass is 159 g/mol. The Morgan fingerprint density at radius 3 is 2.40 bits per heavy atom. The van der Waals surface area contributed by atoms with Crippen molar-refractivity contribution in [3.8, 4) is 0 Å². The van der Waals surface area contributed by atoms with E-state index in [1.807, 2.05) is 0 Å². The molecule has 0 saturated carbocycles. The standard InChI is InChI=1S/C8H18NP/c1-10(2)7-8-3-5-9-6-4-8/h8-9H,3-7H2,1-2H3. The van der Waals surface area contributed by atoms with Crippen LogP contribution in [0.4, 0.5) is 0 Å². The van der Waals surface area contributed by atoms with Crippen LogP contribution >= 0.6 is 7.92 Å². The summed E-state index contributed by atoms with van der Waals surface area (Å²) in [5.41, 5.74) is 0. The van der Waals surface area contributed by atoms with Crippen molar-refractivity contribution in [1.29, 1.82) is 0 Å². The van der Waals surface area contributed by atoms with Crippen molar-refractivity contribution < 1.29 is 0 Å². The molecule has 1 heterocycles. The molecule has 0 aliphatic carbocycles. The van der Waals surface area contributed by atoms with Gasteiger partial charge in [0.2, 0.25) is 0 Å². The fourth-order valence-corrected chi connectivity index (χ4v) is 2.98. The van der Waals surface area contributed by atoms with Crippen LogP contribution in [-0.4, -0.2) is 32.6 Å². The van der Waals surface area contributed by atoms with E-state index in [1.54, 1.807) is 0 Å². The first-order chi connectivity index (χ1) is 4.79. The molecule has 0 atom stereocenters. The third-order valence-electron chi connectivity index (χ3n) is 2.08. The lowest BCUT2D eigenvalue weighted by molar-refractivity contribution is 0.406. The zero-order valence-corrected chi connectivity index (χ0v) is 7.95. The van der Waals surface area contributed by atoms with Gasteiger partial charge < -0.3 is 5.32 Å². The minimum Gasteiger partial charge on any atom is -0.317 e. The van der Waals surface area contributed by atoms with Gasteiger partial charge in [0.05, 0.1) is 0 Å². The van der Waals surface area contributed by atoms with E-state index >= 15 is 0 Å². The van der Waals surface area contributed by atoms with Gasteiger partial charge in [0.1, 0.15) is 0 Å². The highest BCUT2D eigenvalue weighted by Gasteiger charge is 2.13. The first-order valence-corrected chi connectivity index (χ1v) is 6.56. The Morgan fingerprint density at radius 2 is 1.90 bits per heavy atom. The number of rotatable bonds is 2. The molecule has 0 amide bonds. The summed E-state index contributed by atoms with van der Waals surface area (Å²) in [6, 6.07) is 0. The molecule has 60 valence electrons. The van der Waals surface area contributed by atoms with Crippen molar-refractivity contribution in [3.63, 3.8) is 0 Å². The Hall–Kier alpha value is 0.390. The predicted octanol–water partition coefficient (Wildman–Crippen LogP) is 1.73. The lowest BCUT2D eigenvalue weighted by Gasteiger charge is -2.23. The Kier molecular flexibility index (Phi) is 3.65. The highest BCUT2D eigenvalue weighted by Crippen LogP contribution is 2.31. The minimum atomic E-state index is 0.349. The second-order valence-electron chi connectivity index (χ2n) is 3.46. The van der Waals surface area contributed by atoms with Crippen molar-refractivity contribution in [2.24, 2.45) is 5.92 Å². The van der Waals surface area contributed by atoms with Gasteiger partial charge >= 0.3 is 0 Å². The molecule has 0 spiro atoms. The SMILES string of the molecule is CP(C)CC1CCNCC1. The van der Waals surface area contributed by atoms with Crippen LogP contribution in [0.3, 0.4) is 0 Å². The van der Waals surface area contributed by atoms with E-state index < -0.39 is 0 Å². The first-order valence-electron chi connectivity index (χ1n) is 4.14. The maximum Gasteiger partial charge on any atom is -0.00461 e. The van der Waals surface area contributed by atoms with E-state index in [2.05, 4.69) is 18.6 Å². The summed E-state index contributed by atoms with van der Waals surface area (Å²) >= 11 is 0. The predicted molar refractivity (Wildman–Crippen MR) is 49.2 cm³/mol. The molecule has 1 fully saturated rings. The van der Waals surface area contributed by atoms with Crippen LogP contribution in [0.15, 0.2) is 0 Å². The van der Waals surface area contributed by atoms with Gasteiger partial charge in [-0.1, -0.05) is 0 Å². The highest BCUT2D eigenvalue weighted by atomic mass is 31.1. The van der Waals surface area contributed by atoms with Crippen molar-refractivity contribution in [1.82, 2.24) is 5.32 Å². The van der Waals surface area contributed by atoms with Crippen molar-refractivity contribution in [3.05, 3.63) is 0 Å². The largest absolute Gasteiger partial charge is 0.317 e. The lowest BCUT2D eigenvalue weighted by atomic mass is 10.0. The van der Waals surface area contributed by atoms with Crippen LogP contribution in [0.1, 0.15) is 12.8 Å². The molecule has 1 saturated heterocycles. The van der Waals surface area contributed by atoms with E-state index in [1.165, 1.54) is 32.1 Å². The van der Waals surface area contributed by atoms with Crippen LogP contribution in [0.5, 0.6) is 0 Å². The molecule has 0 radical (unpaired) electrons. The topological polar surface area (TPSA) is 12.0 Å². The van der Waals surface area contributed by atoms with Crippen LogP contribution in [0.2, 0.25) is 0 Å². The zero-order chi connectivity index (χ0) is 7.40. The highest BCUT2D eigenvalue weighted by molar-refractivity contribution is 7.55. The Balaban J connectivity index is 2.13. The smallest absolute Gasteiger partial charge is 0.00461 e. The zero-order valence-electron chi connectivity index (χ0n) is 7.06. The summed E-state index contributed by atoms with van der Waals surface area (Å²) < 4.78 is 0. The Morgan fingerprint density at radius 1 is 1.30 bits per heavy atom. The third kappa shape index (κ3) is 2.98. The summed E-state index contributed by atoms with van der Waals surface area (Å²) in [7, 11) is 0.349. The molecule has 1 nitrogen and oxygen atoms in total. The van der Waals surface area contributed by atoms with Crippen LogP contribution in [-0.2, 0) is 0 Å². The van der Waals surface area contributed by atoms with Crippen LogP contribution in [0.25, 0.3) is 0 Å². The minimum absolute atomic E-state index is 0.349. The Bertz CT molecular complexity index is 87.3. The quantitative estimate of drug-likeness (QED) is 0.605. The molecule has 2 heteroatoms. The van der Waals surface area contributed by atoms with Crippen LogP contribution in [0, 0.1) is 5.92 Å². The molecule has 0 aromatic rings. The fourth-order valence-electron chi connectivity index (χ4n) is 1.58. The van der Waals surface area contributed by atoms with E-state index in [4.69, 9.17) is 0 Å². The van der Waals surface area contributed by atoms with Gasteiger partial charge in [-0.2, -0.15) is 0 Å². The van der Waals surface area contributed by atoms with Crippen LogP contribution < -0.4 is 5.32 Å². The van der Waals surface area contributed by atoms with Gasteiger partial charge in [-0.3, -0.25) is 0 Å².